The quantitative estimate of drug-likeness (QED) is 0.176. The number of aryl methyl sites for hydroxylation is 8. The molecule has 0 aliphatic rings. The summed E-state index contributed by atoms with van der Waals surface area (Å²) < 4.78 is 36.5. The van der Waals surface area contributed by atoms with Crippen molar-refractivity contribution in [1.29, 1.82) is 0 Å². The van der Waals surface area contributed by atoms with Crippen LogP contribution < -0.4 is 24.4 Å². The molecule has 0 aliphatic carbocycles. The summed E-state index contributed by atoms with van der Waals surface area (Å²) in [5.41, 5.74) is 13.4. The summed E-state index contributed by atoms with van der Waals surface area (Å²) in [6, 6.07) is 58.8. The smallest absolute Gasteiger partial charge is 0.222 e. The lowest BCUT2D eigenvalue weighted by molar-refractivity contribution is -0.660. The summed E-state index contributed by atoms with van der Waals surface area (Å²) in [7, 11) is 8.13. The maximum atomic E-state index is 13.7. The Morgan fingerprint density at radius 1 is 0.441 bits per heavy atom. The van der Waals surface area contributed by atoms with E-state index in [1.807, 2.05) is 53.4 Å². The minimum atomic E-state index is -0.544. The molecule has 5 aromatic carbocycles. The molecule has 0 spiro atoms. The Kier molecular flexibility index (Phi) is 19.2. The lowest BCUT2D eigenvalue weighted by Crippen LogP contribution is -2.32. The van der Waals surface area contributed by atoms with Crippen LogP contribution in [-0.4, -0.2) is 0 Å². The molecule has 0 amide bonds. The van der Waals surface area contributed by atoms with Crippen LogP contribution in [-0.2, 0) is 28.2 Å². The number of rotatable bonds is 4. The molecule has 0 unspecified atom stereocenters. The van der Waals surface area contributed by atoms with Crippen molar-refractivity contribution in [3.63, 3.8) is 0 Å². The molecule has 0 aliphatic heterocycles. The number of hydrogen-bond acceptors (Lipinski definition) is 2. The number of fused-ring (bicyclic) bond motifs is 2. The van der Waals surface area contributed by atoms with Gasteiger partial charge in [-0.3, -0.25) is 0 Å². The average Bonchev–Trinajstić information content (AvgIpc) is 3.64. The van der Waals surface area contributed by atoms with Crippen LogP contribution in [0.2, 0.25) is 0 Å². The molecule has 68 heavy (non-hydrogen) atoms. The number of aromatic nitrogens is 4. The van der Waals surface area contributed by atoms with E-state index in [9.17, 15) is 8.78 Å². The maximum absolute atomic E-state index is 13.7. The lowest BCUT2D eigenvalue weighted by Gasteiger charge is -2.05. The summed E-state index contributed by atoms with van der Waals surface area (Å²) >= 11 is 1.87. The van der Waals surface area contributed by atoms with Crippen molar-refractivity contribution in [2.45, 2.75) is 42.5 Å². The summed E-state index contributed by atoms with van der Waals surface area (Å²) in [6.45, 7) is 8.21. The van der Waals surface area contributed by atoms with Crippen molar-refractivity contribution in [1.82, 2.24) is 6.15 Å². The van der Waals surface area contributed by atoms with Gasteiger partial charge in [-0.1, -0.05) is 81.6 Å². The van der Waals surface area contributed by atoms with Gasteiger partial charge in [0, 0.05) is 75.8 Å². The summed E-state index contributed by atoms with van der Waals surface area (Å²) in [6.07, 6.45) is 6.00. The molecule has 5 aromatic heterocycles. The van der Waals surface area contributed by atoms with Crippen LogP contribution in [0.3, 0.4) is 0 Å². The van der Waals surface area contributed by atoms with E-state index in [0.29, 0.717) is 11.1 Å². The van der Waals surface area contributed by atoms with Crippen LogP contribution in [0.1, 0.15) is 37.1 Å². The largest absolute Gasteiger partial charge is 0.344 e. The minimum Gasteiger partial charge on any atom is -0.344 e. The number of thiophene rings is 1. The zero-order chi connectivity index (χ0) is 46.0. The first-order valence-electron chi connectivity index (χ1n) is 21.7. The van der Waals surface area contributed by atoms with Crippen molar-refractivity contribution in [2.24, 2.45) is 28.2 Å². The predicted molar refractivity (Wildman–Crippen MR) is 282 cm³/mol. The molecule has 8 heteroatoms. The van der Waals surface area contributed by atoms with E-state index < -0.39 is 11.6 Å². The highest BCUT2D eigenvalue weighted by molar-refractivity contribution is 7.22. The Labute approximate surface area is 407 Å². The number of hydrogen-bond donors (Lipinski definition) is 1. The van der Waals surface area contributed by atoms with Gasteiger partial charge in [-0.15, -0.1) is 11.3 Å². The Hall–Kier alpha value is -7.26. The van der Waals surface area contributed by atoms with Crippen molar-refractivity contribution in [3.05, 3.63) is 228 Å². The zero-order valence-electron chi connectivity index (χ0n) is 39.1. The van der Waals surface area contributed by atoms with Crippen molar-refractivity contribution in [2.75, 3.05) is 0 Å². The number of benzene rings is 5. The van der Waals surface area contributed by atoms with Gasteiger partial charge in [0.1, 0.15) is 44.7 Å². The second-order valence-electron chi connectivity index (χ2n) is 16.2. The Morgan fingerprint density at radius 3 is 1.49 bits per heavy atom. The van der Waals surface area contributed by atoms with Crippen molar-refractivity contribution in [3.8, 4) is 44.3 Å². The number of para-hydroxylation sites is 1. The molecule has 10 rings (SSSR count). The second-order valence-corrected chi connectivity index (χ2v) is 17.2. The Bertz CT molecular complexity index is 3180. The molecule has 0 bridgehead atoms. The molecule has 0 radical (unpaired) electrons. The highest BCUT2D eigenvalue weighted by Crippen LogP contribution is 2.36. The van der Waals surface area contributed by atoms with Crippen molar-refractivity contribution < 1.29 is 27.0 Å². The van der Waals surface area contributed by atoms with Crippen LogP contribution in [0.5, 0.6) is 0 Å². The normalized spacial score (nSPS) is 10.1. The van der Waals surface area contributed by atoms with Gasteiger partial charge in [0.15, 0.2) is 18.6 Å². The molecule has 0 saturated carbocycles. The Morgan fingerprint density at radius 2 is 0.926 bits per heavy atom. The molecular formula is C60H67F2N5S+4. The minimum absolute atomic E-state index is 0. The van der Waals surface area contributed by atoms with Gasteiger partial charge < -0.3 is 6.15 Å². The van der Waals surface area contributed by atoms with Gasteiger partial charge in [0.05, 0.1) is 5.56 Å². The van der Waals surface area contributed by atoms with Gasteiger partial charge in [0.2, 0.25) is 28.3 Å². The Balaban J connectivity index is 0.000000196. The van der Waals surface area contributed by atoms with E-state index in [4.69, 9.17) is 0 Å². The zero-order valence-corrected chi connectivity index (χ0v) is 40.0. The van der Waals surface area contributed by atoms with E-state index in [-0.39, 0.29) is 21.0 Å². The van der Waals surface area contributed by atoms with Gasteiger partial charge in [-0.25, -0.2) is 22.5 Å². The van der Waals surface area contributed by atoms with Gasteiger partial charge >= 0.3 is 0 Å². The number of nitrogens with zero attached hydrogens (tertiary/aromatic N) is 4. The maximum Gasteiger partial charge on any atom is 0.222 e. The average molecular weight is 928 g/mol. The molecule has 3 N–H and O–H groups in total. The first-order chi connectivity index (χ1) is 31.4. The van der Waals surface area contributed by atoms with E-state index in [0.717, 1.165) is 11.8 Å². The van der Waals surface area contributed by atoms with Gasteiger partial charge in [0.25, 0.3) is 0 Å². The standard InChI is InChI=1S/C17H16N.C15H14NS.C13H12F2N.C13H14N.2CH4.H3N/c1-13-7-3-5-9-15(13)17-12-11-14-8-4-6-10-16(14)18(17)2;1-11-12-7-3-4-9-14(12)17-15(11)13-8-5-6-10-16(13)2;1-9-7-10(14)8-11(15)13(9)12-5-3-4-6-16(12)2;1-11-7-3-4-8-12(11)13-9-5-6-10-14(13)2;;;/h3-12H,1-2H3;3-10H,1-2H3;3-8H,1-2H3;3-10H,1-2H3;2*1H4;1H3/q4*+1;;;. The van der Waals surface area contributed by atoms with E-state index in [1.54, 1.807) is 6.92 Å². The highest BCUT2D eigenvalue weighted by Gasteiger charge is 2.19. The fraction of sp³-hybridized carbons (Fsp3) is 0.167. The number of pyridine rings is 4. The summed E-state index contributed by atoms with van der Waals surface area (Å²) in [5.74, 6) is -1.07. The van der Waals surface area contributed by atoms with E-state index in [2.05, 4.69) is 208 Å². The molecule has 0 saturated heterocycles. The monoisotopic (exact) mass is 928 g/mol. The molecule has 0 atom stereocenters. The fourth-order valence-corrected chi connectivity index (χ4v) is 9.40. The SMILES string of the molecule is C.C.Cc1c(-c2cccc[n+]2C)sc2ccccc12.Cc1cc(F)cc(F)c1-c1cccc[n+]1C.Cc1ccccc1-c1ccc2ccccc2[n+]1C.Cc1ccccc1-c1cccc[n+]1C.N. The first-order valence-corrected chi connectivity index (χ1v) is 22.5. The van der Waals surface area contributed by atoms with Gasteiger partial charge in [-0.2, -0.15) is 4.57 Å². The topological polar surface area (TPSA) is 50.5 Å². The summed E-state index contributed by atoms with van der Waals surface area (Å²) in [5, 5.41) is 2.65. The first kappa shape index (κ1) is 53.4. The van der Waals surface area contributed by atoms with Crippen LogP contribution in [0, 0.1) is 39.3 Å². The van der Waals surface area contributed by atoms with Crippen LogP contribution >= 0.6 is 11.3 Å². The van der Waals surface area contributed by atoms with Crippen LogP contribution in [0.4, 0.5) is 8.78 Å². The molecular weight excluding hydrogens is 861 g/mol. The van der Waals surface area contributed by atoms with Gasteiger partial charge in [-0.05, 0) is 110 Å². The summed E-state index contributed by atoms with van der Waals surface area (Å²) in [4.78, 5) is 1.37. The highest BCUT2D eigenvalue weighted by atomic mass is 32.1. The fourth-order valence-electron chi connectivity index (χ4n) is 8.13. The third kappa shape index (κ3) is 12.2. The third-order valence-electron chi connectivity index (χ3n) is 11.7. The molecule has 348 valence electrons. The van der Waals surface area contributed by atoms with Crippen molar-refractivity contribution >= 4 is 32.3 Å². The molecule has 10 aromatic rings. The predicted octanol–water partition coefficient (Wildman–Crippen LogP) is 14.0. The van der Waals surface area contributed by atoms with Crippen LogP contribution in [0.25, 0.3) is 65.3 Å². The third-order valence-corrected chi connectivity index (χ3v) is 13.0. The number of halogens is 2. The van der Waals surface area contributed by atoms with Crippen LogP contribution in [0.15, 0.2) is 195 Å². The second kappa shape index (κ2) is 24.5. The lowest BCUT2D eigenvalue weighted by atomic mass is 10.0. The molecule has 0 fully saturated rings. The molecule has 5 nitrogen and oxygen atoms in total. The van der Waals surface area contributed by atoms with E-state index in [1.165, 1.54) is 76.8 Å². The van der Waals surface area contributed by atoms with E-state index >= 15 is 0 Å². The molecule has 5 heterocycles.